The van der Waals surface area contributed by atoms with Crippen molar-refractivity contribution in [2.75, 3.05) is 13.2 Å². The van der Waals surface area contributed by atoms with Gasteiger partial charge in [-0.3, -0.25) is 9.59 Å². The third kappa shape index (κ3) is 2.10. The van der Waals surface area contributed by atoms with Gasteiger partial charge in [-0.25, -0.2) is 0 Å². The molecule has 0 aromatic rings. The van der Waals surface area contributed by atoms with Crippen molar-refractivity contribution in [2.24, 2.45) is 10.8 Å². The van der Waals surface area contributed by atoms with Crippen molar-refractivity contribution in [3.8, 4) is 0 Å². The van der Waals surface area contributed by atoms with Crippen molar-refractivity contribution >= 4 is 11.9 Å². The highest BCUT2D eigenvalue weighted by molar-refractivity contribution is 5.67. The summed E-state index contributed by atoms with van der Waals surface area (Å²) in [6.07, 6.45) is 3.95. The largest absolute Gasteiger partial charge is 0.465 e. The van der Waals surface area contributed by atoms with Gasteiger partial charge < -0.3 is 18.9 Å². The molecule has 1 saturated carbocycles. The highest BCUT2D eigenvalue weighted by atomic mass is 16.6. The third-order valence-electron chi connectivity index (χ3n) is 7.06. The van der Waals surface area contributed by atoms with Crippen LogP contribution in [0.5, 0.6) is 0 Å². The molecule has 0 N–H and O–H groups in total. The van der Waals surface area contributed by atoms with E-state index in [4.69, 9.17) is 18.9 Å². The van der Waals surface area contributed by atoms with Crippen molar-refractivity contribution < 1.29 is 28.5 Å². The Hall–Kier alpha value is -1.40. The number of epoxide rings is 1. The molecule has 2 aliphatic heterocycles. The smallest absolute Gasteiger partial charge is 0.302 e. The van der Waals surface area contributed by atoms with E-state index in [0.29, 0.717) is 13.0 Å². The third-order valence-corrected chi connectivity index (χ3v) is 7.06. The molecule has 2 aliphatic carbocycles. The van der Waals surface area contributed by atoms with Crippen LogP contribution >= 0.6 is 0 Å². The molecule has 6 atom stereocenters. The first kappa shape index (κ1) is 17.0. The van der Waals surface area contributed by atoms with E-state index in [1.54, 1.807) is 0 Å². The molecular weight excluding hydrogens is 324 g/mol. The minimum atomic E-state index is -0.457. The maximum Gasteiger partial charge on any atom is 0.302 e. The first-order valence-electron chi connectivity index (χ1n) is 9.02. The van der Waals surface area contributed by atoms with E-state index in [-0.39, 0.29) is 36.9 Å². The summed E-state index contributed by atoms with van der Waals surface area (Å²) in [6, 6.07) is 0. The fraction of sp³-hybridized carbons (Fsp3) is 0.789. The van der Waals surface area contributed by atoms with Gasteiger partial charge in [0, 0.05) is 25.7 Å². The zero-order valence-corrected chi connectivity index (χ0v) is 15.3. The van der Waals surface area contributed by atoms with Crippen LogP contribution in [-0.2, 0) is 28.5 Å². The molecule has 0 amide bonds. The highest BCUT2D eigenvalue weighted by Gasteiger charge is 2.83. The summed E-state index contributed by atoms with van der Waals surface area (Å²) >= 11 is 0. The molecule has 138 valence electrons. The van der Waals surface area contributed by atoms with E-state index in [0.717, 1.165) is 12.8 Å². The molecular formula is C19H26O6. The van der Waals surface area contributed by atoms with Gasteiger partial charge in [0.15, 0.2) is 0 Å². The summed E-state index contributed by atoms with van der Waals surface area (Å²) in [5, 5.41) is 0. The van der Waals surface area contributed by atoms with Crippen molar-refractivity contribution in [2.45, 2.75) is 70.9 Å². The van der Waals surface area contributed by atoms with Crippen molar-refractivity contribution in [1.29, 1.82) is 0 Å². The second kappa shape index (κ2) is 5.30. The number of carbonyl (C=O) groups excluding carboxylic acids is 2. The van der Waals surface area contributed by atoms with E-state index in [2.05, 4.69) is 19.9 Å². The molecule has 0 radical (unpaired) electrons. The molecule has 0 aromatic heterocycles. The van der Waals surface area contributed by atoms with E-state index < -0.39 is 16.4 Å². The molecule has 6 nitrogen and oxygen atoms in total. The lowest BCUT2D eigenvalue weighted by Gasteiger charge is -2.58. The van der Waals surface area contributed by atoms with Gasteiger partial charge in [0.05, 0.1) is 24.2 Å². The summed E-state index contributed by atoms with van der Waals surface area (Å²) in [7, 11) is 0. The maximum absolute atomic E-state index is 11.7. The van der Waals surface area contributed by atoms with Gasteiger partial charge in [0.1, 0.15) is 18.3 Å². The average Bonchev–Trinajstić information content (AvgIpc) is 3.29. The summed E-state index contributed by atoms with van der Waals surface area (Å²) in [4.78, 5) is 23.3. The minimum Gasteiger partial charge on any atom is -0.465 e. The number of hydrogen-bond donors (Lipinski definition) is 0. The second-order valence-electron chi connectivity index (χ2n) is 8.21. The van der Waals surface area contributed by atoms with Gasteiger partial charge in [0.25, 0.3) is 0 Å². The van der Waals surface area contributed by atoms with Crippen LogP contribution in [0.25, 0.3) is 0 Å². The van der Waals surface area contributed by atoms with E-state index >= 15 is 0 Å². The molecule has 2 bridgehead atoms. The fourth-order valence-electron chi connectivity index (χ4n) is 5.56. The van der Waals surface area contributed by atoms with Crippen molar-refractivity contribution in [1.82, 2.24) is 0 Å². The molecule has 1 spiro atoms. The lowest BCUT2D eigenvalue weighted by atomic mass is 9.51. The van der Waals surface area contributed by atoms with E-state index in [1.165, 1.54) is 19.4 Å². The van der Waals surface area contributed by atoms with Crippen LogP contribution in [0.15, 0.2) is 11.6 Å². The maximum atomic E-state index is 11.7. The number of hydrogen-bond acceptors (Lipinski definition) is 6. The van der Waals surface area contributed by atoms with Gasteiger partial charge in [-0.2, -0.15) is 0 Å². The Labute approximate surface area is 147 Å². The van der Waals surface area contributed by atoms with Crippen molar-refractivity contribution in [3.63, 3.8) is 0 Å². The Bertz CT molecular complexity index is 650. The van der Waals surface area contributed by atoms with Crippen LogP contribution in [-0.4, -0.2) is 49.1 Å². The number of allylic oxidation sites excluding steroid dienone is 1. The van der Waals surface area contributed by atoms with Gasteiger partial charge in [-0.05, 0) is 19.8 Å². The first-order valence-corrected chi connectivity index (χ1v) is 9.02. The monoisotopic (exact) mass is 350 g/mol. The molecule has 4 rings (SSSR count). The van der Waals surface area contributed by atoms with Gasteiger partial charge in [-0.15, -0.1) is 0 Å². The van der Waals surface area contributed by atoms with Crippen LogP contribution in [0.3, 0.4) is 0 Å². The van der Waals surface area contributed by atoms with Gasteiger partial charge >= 0.3 is 11.9 Å². The fourth-order valence-corrected chi connectivity index (χ4v) is 5.56. The first-order chi connectivity index (χ1) is 11.7. The Morgan fingerprint density at radius 3 is 2.64 bits per heavy atom. The predicted molar refractivity (Wildman–Crippen MR) is 87.7 cm³/mol. The molecule has 25 heavy (non-hydrogen) atoms. The van der Waals surface area contributed by atoms with Crippen LogP contribution in [0.1, 0.15) is 47.0 Å². The predicted octanol–water partition coefficient (Wildman–Crippen LogP) is 2.15. The zero-order valence-electron chi connectivity index (χ0n) is 15.3. The number of esters is 2. The summed E-state index contributed by atoms with van der Waals surface area (Å²) in [6.45, 7) is 7.96. The highest BCUT2D eigenvalue weighted by Crippen LogP contribution is 2.72. The number of ether oxygens (including phenoxy) is 4. The molecule has 0 aromatic carbocycles. The van der Waals surface area contributed by atoms with Crippen molar-refractivity contribution in [3.05, 3.63) is 11.6 Å². The Kier molecular flexibility index (Phi) is 3.61. The SMILES string of the molecule is CC(=O)OC[C@]12CCC(C)=C[C@H]1O[C@H]1C[C@@H](OC(C)=O)[C@@]2(C)C12CO2. The minimum absolute atomic E-state index is 0.0977. The lowest BCUT2D eigenvalue weighted by Crippen LogP contribution is -2.66. The van der Waals surface area contributed by atoms with E-state index in [1.807, 2.05) is 0 Å². The molecule has 2 saturated heterocycles. The lowest BCUT2D eigenvalue weighted by molar-refractivity contribution is -0.233. The Morgan fingerprint density at radius 1 is 1.32 bits per heavy atom. The number of carbonyl (C=O) groups is 2. The summed E-state index contributed by atoms with van der Waals surface area (Å²) in [5.41, 5.74) is -0.0699. The summed E-state index contributed by atoms with van der Waals surface area (Å²) in [5.74, 6) is -0.603. The summed E-state index contributed by atoms with van der Waals surface area (Å²) < 4.78 is 23.7. The van der Waals surface area contributed by atoms with Gasteiger partial charge in [-0.1, -0.05) is 18.6 Å². The number of rotatable bonds is 3. The van der Waals surface area contributed by atoms with E-state index in [9.17, 15) is 9.59 Å². The standard InChI is InChI=1S/C19H26O6/c1-11-5-6-18(9-22-12(2)20)15(7-11)25-16-8-14(24-13(3)21)17(18,4)19(16)10-23-19/h7,14-16H,5-6,8-10H2,1-4H3/t14-,15-,16+,17-,18-,19?/m1/s1. The molecule has 4 aliphatic rings. The quantitative estimate of drug-likeness (QED) is 0.441. The topological polar surface area (TPSA) is 74.4 Å². The molecule has 6 heteroatoms. The Morgan fingerprint density at radius 2 is 2.04 bits per heavy atom. The van der Waals surface area contributed by atoms with Crippen LogP contribution in [0.2, 0.25) is 0 Å². The average molecular weight is 350 g/mol. The molecule has 1 unspecified atom stereocenters. The zero-order chi connectivity index (χ0) is 18.0. The second-order valence-corrected chi connectivity index (χ2v) is 8.21. The van der Waals surface area contributed by atoms with Gasteiger partial charge in [0.2, 0.25) is 0 Å². The van der Waals surface area contributed by atoms with Crippen LogP contribution in [0, 0.1) is 10.8 Å². The van der Waals surface area contributed by atoms with Crippen LogP contribution in [0.4, 0.5) is 0 Å². The molecule has 2 heterocycles. The van der Waals surface area contributed by atoms with Crippen LogP contribution < -0.4 is 0 Å². The number of fused-ring (bicyclic) bond motifs is 2. The normalized spacial score (nSPS) is 47.0. The Balaban J connectivity index is 1.82. The molecule has 3 fully saturated rings.